The summed E-state index contributed by atoms with van der Waals surface area (Å²) < 4.78 is 6.65. The fourth-order valence-corrected chi connectivity index (χ4v) is 8.52. The second kappa shape index (κ2) is 10.9. The van der Waals surface area contributed by atoms with Crippen LogP contribution >= 0.6 is 0 Å². The molecule has 0 N–H and O–H groups in total. The summed E-state index contributed by atoms with van der Waals surface area (Å²) in [6.07, 6.45) is 2.00. The van der Waals surface area contributed by atoms with Crippen molar-refractivity contribution in [1.29, 1.82) is 0 Å². The molecular weight excluding hydrogens is 617 g/mol. The van der Waals surface area contributed by atoms with Crippen molar-refractivity contribution in [2.24, 2.45) is 0 Å². The number of furan rings is 1. The summed E-state index contributed by atoms with van der Waals surface area (Å²) in [6.45, 7) is 0. The molecule has 11 rings (SSSR count). The minimum atomic E-state index is 0.921. The molecule has 0 fully saturated rings. The quantitative estimate of drug-likeness (QED) is 0.138. The lowest BCUT2D eigenvalue weighted by Crippen LogP contribution is -1.93. The molecule has 0 atom stereocenters. The van der Waals surface area contributed by atoms with E-state index >= 15 is 0 Å². The van der Waals surface area contributed by atoms with E-state index in [0.717, 1.165) is 21.9 Å². The van der Waals surface area contributed by atoms with E-state index in [9.17, 15) is 0 Å². The Labute approximate surface area is 294 Å². The van der Waals surface area contributed by atoms with Crippen molar-refractivity contribution in [3.8, 4) is 33.4 Å². The van der Waals surface area contributed by atoms with Gasteiger partial charge in [0.05, 0.1) is 6.26 Å². The van der Waals surface area contributed by atoms with Crippen LogP contribution in [0.3, 0.4) is 0 Å². The summed E-state index contributed by atoms with van der Waals surface area (Å²) in [5.41, 5.74) is 8.05. The smallest absolute Gasteiger partial charge is 0.142 e. The molecule has 0 saturated heterocycles. The molecule has 1 heterocycles. The standard InChI is InChI=1S/C50H30O/c1-2-10-31(11-3-1)39-24-25-40-37-16-8-6-12-32(37)18-21-42(40)48(39)45-23-20-36-28-34-14-4-5-15-35(34)29-46(36)49(45)47-30-51-50-43-22-19-33-13-7-9-17-38(33)41(43)26-27-44(47)50/h1-30H. The summed E-state index contributed by atoms with van der Waals surface area (Å²) in [7, 11) is 0. The van der Waals surface area contributed by atoms with Crippen LogP contribution in [-0.2, 0) is 0 Å². The van der Waals surface area contributed by atoms with Gasteiger partial charge in [0, 0.05) is 21.9 Å². The molecule has 0 aliphatic rings. The topological polar surface area (TPSA) is 13.1 Å². The zero-order chi connectivity index (χ0) is 33.5. The summed E-state index contributed by atoms with van der Waals surface area (Å²) in [4.78, 5) is 0. The molecule has 10 aromatic carbocycles. The van der Waals surface area contributed by atoms with Crippen LogP contribution in [0.25, 0.3) is 109 Å². The molecule has 1 heteroatoms. The number of fused-ring (bicyclic) bond motifs is 10. The van der Waals surface area contributed by atoms with Gasteiger partial charge < -0.3 is 4.42 Å². The van der Waals surface area contributed by atoms with Crippen LogP contribution in [0.2, 0.25) is 0 Å². The van der Waals surface area contributed by atoms with E-state index in [-0.39, 0.29) is 0 Å². The molecule has 0 aliphatic heterocycles. The second-order valence-electron chi connectivity index (χ2n) is 13.6. The maximum atomic E-state index is 6.65. The predicted molar refractivity (Wildman–Crippen MR) is 218 cm³/mol. The van der Waals surface area contributed by atoms with E-state index in [0.29, 0.717) is 0 Å². The van der Waals surface area contributed by atoms with Gasteiger partial charge in [-0.2, -0.15) is 0 Å². The van der Waals surface area contributed by atoms with E-state index in [2.05, 4.69) is 176 Å². The lowest BCUT2D eigenvalue weighted by Gasteiger charge is -2.20. The van der Waals surface area contributed by atoms with Crippen LogP contribution < -0.4 is 0 Å². The Hall–Kier alpha value is -6.70. The summed E-state index contributed by atoms with van der Waals surface area (Å²) in [6, 6.07) is 64.3. The molecule has 1 aromatic heterocycles. The third-order valence-electron chi connectivity index (χ3n) is 10.9. The first-order valence-electron chi connectivity index (χ1n) is 17.6. The van der Waals surface area contributed by atoms with Crippen LogP contribution in [0, 0.1) is 0 Å². The Morgan fingerprint density at radius 1 is 0.275 bits per heavy atom. The maximum absolute atomic E-state index is 6.65. The van der Waals surface area contributed by atoms with E-state index in [1.165, 1.54) is 87.1 Å². The maximum Gasteiger partial charge on any atom is 0.142 e. The van der Waals surface area contributed by atoms with E-state index in [4.69, 9.17) is 4.42 Å². The molecular formula is C50H30O. The third-order valence-corrected chi connectivity index (χ3v) is 10.9. The second-order valence-corrected chi connectivity index (χ2v) is 13.6. The van der Waals surface area contributed by atoms with Crippen molar-refractivity contribution in [3.63, 3.8) is 0 Å². The van der Waals surface area contributed by atoms with E-state index < -0.39 is 0 Å². The molecule has 11 aromatic rings. The van der Waals surface area contributed by atoms with Gasteiger partial charge in [-0.15, -0.1) is 0 Å². The van der Waals surface area contributed by atoms with Crippen LogP contribution in [0.4, 0.5) is 0 Å². The molecule has 0 amide bonds. The lowest BCUT2D eigenvalue weighted by molar-refractivity contribution is 0.620. The first-order valence-corrected chi connectivity index (χ1v) is 17.6. The lowest BCUT2D eigenvalue weighted by atomic mass is 9.82. The minimum absolute atomic E-state index is 0.921. The first kappa shape index (κ1) is 28.2. The van der Waals surface area contributed by atoms with Crippen molar-refractivity contribution >= 4 is 75.6 Å². The highest BCUT2D eigenvalue weighted by Crippen LogP contribution is 2.49. The van der Waals surface area contributed by atoms with Crippen molar-refractivity contribution < 1.29 is 4.42 Å². The molecule has 0 radical (unpaired) electrons. The summed E-state index contributed by atoms with van der Waals surface area (Å²) in [5.74, 6) is 0. The van der Waals surface area contributed by atoms with Crippen LogP contribution in [0.1, 0.15) is 0 Å². The Morgan fingerprint density at radius 2 is 0.804 bits per heavy atom. The molecule has 1 nitrogen and oxygen atoms in total. The normalized spacial score (nSPS) is 11.9. The SMILES string of the molecule is c1ccc(-c2ccc3c(ccc4ccccc43)c2-c2ccc3cc4ccccc4cc3c2-c2coc3c2ccc2c4ccccc4ccc23)cc1. The zero-order valence-electron chi connectivity index (χ0n) is 27.7. The van der Waals surface area contributed by atoms with Gasteiger partial charge in [-0.05, 0) is 106 Å². The van der Waals surface area contributed by atoms with Crippen molar-refractivity contribution in [3.05, 3.63) is 182 Å². The minimum Gasteiger partial charge on any atom is -0.463 e. The fourth-order valence-electron chi connectivity index (χ4n) is 8.52. The third kappa shape index (κ3) is 4.22. The molecule has 236 valence electrons. The molecule has 51 heavy (non-hydrogen) atoms. The van der Waals surface area contributed by atoms with Gasteiger partial charge in [-0.25, -0.2) is 0 Å². The van der Waals surface area contributed by atoms with Crippen molar-refractivity contribution in [1.82, 2.24) is 0 Å². The van der Waals surface area contributed by atoms with Gasteiger partial charge in [0.25, 0.3) is 0 Å². The van der Waals surface area contributed by atoms with Gasteiger partial charge in [0.2, 0.25) is 0 Å². The molecule has 0 spiro atoms. The first-order chi connectivity index (χ1) is 25.3. The van der Waals surface area contributed by atoms with E-state index in [1.54, 1.807) is 0 Å². The molecule has 0 saturated carbocycles. The van der Waals surface area contributed by atoms with E-state index in [1.807, 2.05) is 6.26 Å². The monoisotopic (exact) mass is 646 g/mol. The van der Waals surface area contributed by atoms with Gasteiger partial charge in [-0.3, -0.25) is 0 Å². The average molecular weight is 647 g/mol. The van der Waals surface area contributed by atoms with Crippen molar-refractivity contribution in [2.75, 3.05) is 0 Å². The highest BCUT2D eigenvalue weighted by Gasteiger charge is 2.22. The van der Waals surface area contributed by atoms with Crippen LogP contribution in [0.15, 0.2) is 187 Å². The summed E-state index contributed by atoms with van der Waals surface area (Å²) in [5, 5.41) is 15.8. The number of rotatable bonds is 3. The molecule has 0 aliphatic carbocycles. The predicted octanol–water partition coefficient (Wildman–Crippen LogP) is 14.4. The Kier molecular flexibility index (Phi) is 6.02. The Morgan fingerprint density at radius 3 is 1.57 bits per heavy atom. The summed E-state index contributed by atoms with van der Waals surface area (Å²) >= 11 is 0. The number of hydrogen-bond donors (Lipinski definition) is 0. The zero-order valence-corrected chi connectivity index (χ0v) is 27.7. The largest absolute Gasteiger partial charge is 0.463 e. The highest BCUT2D eigenvalue weighted by molar-refractivity contribution is 6.23. The van der Waals surface area contributed by atoms with Gasteiger partial charge in [-0.1, -0.05) is 152 Å². The van der Waals surface area contributed by atoms with Gasteiger partial charge in [0.1, 0.15) is 5.58 Å². The number of benzene rings is 10. The van der Waals surface area contributed by atoms with Gasteiger partial charge in [0.15, 0.2) is 0 Å². The highest BCUT2D eigenvalue weighted by atomic mass is 16.3. The average Bonchev–Trinajstić information content (AvgIpc) is 3.63. The van der Waals surface area contributed by atoms with Crippen LogP contribution in [0.5, 0.6) is 0 Å². The Bertz CT molecular complexity index is 3180. The molecule has 0 bridgehead atoms. The fraction of sp³-hybridized carbons (Fsp3) is 0. The van der Waals surface area contributed by atoms with Gasteiger partial charge >= 0.3 is 0 Å². The molecule has 0 unspecified atom stereocenters. The van der Waals surface area contributed by atoms with Crippen LogP contribution in [-0.4, -0.2) is 0 Å². The Balaban J connectivity index is 1.30. The number of hydrogen-bond acceptors (Lipinski definition) is 1. The van der Waals surface area contributed by atoms with Crippen molar-refractivity contribution in [2.45, 2.75) is 0 Å².